The lowest BCUT2D eigenvalue weighted by molar-refractivity contribution is 0.562. The van der Waals surface area contributed by atoms with Crippen molar-refractivity contribution in [2.45, 2.75) is 53.4 Å². The van der Waals surface area contributed by atoms with E-state index in [9.17, 15) is 0 Å². The number of rotatable bonds is 4. The van der Waals surface area contributed by atoms with Crippen molar-refractivity contribution >= 4 is 12.2 Å². The predicted octanol–water partition coefficient (Wildman–Crippen LogP) is 3.41. The zero-order chi connectivity index (χ0) is 10.9. The second-order valence-electron chi connectivity index (χ2n) is 2.26. The van der Waals surface area contributed by atoms with Gasteiger partial charge in [0.2, 0.25) is 12.2 Å². The molecule has 0 unspecified atom stereocenters. The molecule has 0 atom stereocenters. The fourth-order valence-electron chi connectivity index (χ4n) is 0.677. The van der Waals surface area contributed by atoms with Crippen LogP contribution in [-0.2, 0) is 9.59 Å². The zero-order valence-electron chi connectivity index (χ0n) is 8.35. The van der Waals surface area contributed by atoms with E-state index in [-0.39, 0.29) is 7.43 Å². The van der Waals surface area contributed by atoms with E-state index >= 15 is 0 Å². The van der Waals surface area contributed by atoms with Gasteiger partial charge in [-0.3, -0.25) is 0 Å². The van der Waals surface area contributed by atoms with Gasteiger partial charge in [0.25, 0.3) is 0 Å². The molecule has 4 nitrogen and oxygen atoms in total. The summed E-state index contributed by atoms with van der Waals surface area (Å²) in [5.41, 5.74) is 0. The first kappa shape index (κ1) is 23.0. The van der Waals surface area contributed by atoms with Gasteiger partial charge in [-0.15, -0.1) is 0 Å². The van der Waals surface area contributed by atoms with E-state index in [2.05, 4.69) is 13.8 Å². The molecule has 0 aliphatic carbocycles. The first-order valence-corrected chi connectivity index (χ1v) is 4.32. The molecule has 0 rings (SSSR count). The van der Waals surface area contributed by atoms with Gasteiger partial charge in [-0.2, -0.15) is 0 Å². The zero-order valence-corrected chi connectivity index (χ0v) is 8.35. The molecule has 0 aromatic heterocycles. The van der Waals surface area contributed by atoms with Gasteiger partial charge in [0.05, 0.1) is 0 Å². The molecule has 0 aromatic rings. The third-order valence-corrected chi connectivity index (χ3v) is 1.21. The van der Waals surface area contributed by atoms with Crippen LogP contribution in [0.4, 0.5) is 0 Å². The first-order valence-electron chi connectivity index (χ1n) is 4.32. The molecule has 0 fully saturated rings. The Bertz CT molecular complexity index is 119. The summed E-state index contributed by atoms with van der Waals surface area (Å²) < 4.78 is 0. The van der Waals surface area contributed by atoms with Crippen molar-refractivity contribution < 1.29 is 9.59 Å². The van der Waals surface area contributed by atoms with Crippen molar-refractivity contribution in [1.82, 2.24) is 0 Å². The van der Waals surface area contributed by atoms with Crippen LogP contribution in [0.25, 0.3) is 0 Å². The third kappa shape index (κ3) is 135. The Morgan fingerprint density at radius 3 is 1.21 bits per heavy atom. The van der Waals surface area contributed by atoms with Crippen molar-refractivity contribution in [3.05, 3.63) is 0 Å². The molecular formula is C10H22N2O2. The van der Waals surface area contributed by atoms with Gasteiger partial charge in [-0.05, 0) is 0 Å². The Kier molecular flexibility index (Phi) is 67.4. The van der Waals surface area contributed by atoms with Gasteiger partial charge in [0, 0.05) is 0 Å². The molecule has 0 heterocycles. The molecule has 0 amide bonds. The van der Waals surface area contributed by atoms with Crippen LogP contribution in [0.5, 0.6) is 0 Å². The lowest BCUT2D eigenvalue weighted by Crippen LogP contribution is -1.70. The minimum atomic E-state index is 0. The minimum absolute atomic E-state index is 0. The lowest BCUT2D eigenvalue weighted by Gasteiger charge is -1.90. The van der Waals surface area contributed by atoms with E-state index in [0.29, 0.717) is 0 Å². The molecule has 4 heteroatoms. The maximum absolute atomic E-state index is 8.35. The molecule has 14 heavy (non-hydrogen) atoms. The summed E-state index contributed by atoms with van der Waals surface area (Å²) in [6.45, 7) is 4.49. The number of hydrogen-bond donors (Lipinski definition) is 2. The largest absolute Gasteiger partial charge is 0.231 e. The summed E-state index contributed by atoms with van der Waals surface area (Å²) in [6.07, 6.45) is 8.51. The summed E-state index contributed by atoms with van der Waals surface area (Å²) in [6, 6.07) is 0. The van der Waals surface area contributed by atoms with Gasteiger partial charge in [-0.1, -0.05) is 53.4 Å². The molecule has 0 aromatic carbocycles. The molecule has 0 bridgehead atoms. The fourth-order valence-corrected chi connectivity index (χ4v) is 0.677. The average Bonchev–Trinajstić information content (AvgIpc) is 2.08. The number of isocyanates is 2. The first-order chi connectivity index (χ1) is 6.24. The van der Waals surface area contributed by atoms with E-state index in [0.717, 1.165) is 12.2 Å². The van der Waals surface area contributed by atoms with Crippen LogP contribution in [0, 0.1) is 10.8 Å². The van der Waals surface area contributed by atoms with Crippen LogP contribution in [0.3, 0.4) is 0 Å². The highest BCUT2D eigenvalue weighted by Crippen LogP contribution is 2.00. The van der Waals surface area contributed by atoms with E-state index in [1.165, 1.54) is 32.1 Å². The number of carbonyl (C=O) groups excluding carboxylic acids is 2. The molecular weight excluding hydrogens is 180 g/mol. The summed E-state index contributed by atoms with van der Waals surface area (Å²) >= 11 is 0. The molecule has 0 radical (unpaired) electrons. The maximum atomic E-state index is 8.35. The van der Waals surface area contributed by atoms with Crippen molar-refractivity contribution in [3.63, 3.8) is 0 Å². The topological polar surface area (TPSA) is 81.8 Å². The van der Waals surface area contributed by atoms with E-state index < -0.39 is 0 Å². The molecule has 2 N–H and O–H groups in total. The Morgan fingerprint density at radius 2 is 1.07 bits per heavy atom. The van der Waals surface area contributed by atoms with Crippen LogP contribution in [0.2, 0.25) is 0 Å². The summed E-state index contributed by atoms with van der Waals surface area (Å²) in [7, 11) is 0. The SMILES string of the molecule is C.CCCCCCC.N=C=O.N=C=O. The molecule has 0 saturated carbocycles. The van der Waals surface area contributed by atoms with E-state index in [4.69, 9.17) is 20.4 Å². The molecule has 0 aliphatic heterocycles. The molecule has 84 valence electrons. The van der Waals surface area contributed by atoms with Crippen LogP contribution in [-0.4, -0.2) is 12.2 Å². The van der Waals surface area contributed by atoms with Crippen molar-refractivity contribution in [2.75, 3.05) is 0 Å². The van der Waals surface area contributed by atoms with Gasteiger partial charge in [0.1, 0.15) is 0 Å². The molecule has 0 saturated heterocycles. The highest BCUT2D eigenvalue weighted by Gasteiger charge is 1.80. The highest BCUT2D eigenvalue weighted by atomic mass is 16.1. The number of unbranched alkanes of at least 4 members (excludes halogenated alkanes) is 4. The smallest absolute Gasteiger partial charge is 0.222 e. The standard InChI is InChI=1S/C7H16.2CHNO.CH4/c1-3-5-7-6-4-2;2*2-1-3;/h3-7H2,1-2H3;2*2H;1H4. The van der Waals surface area contributed by atoms with Crippen LogP contribution in [0.1, 0.15) is 53.4 Å². The van der Waals surface area contributed by atoms with Gasteiger partial charge in [0.15, 0.2) is 0 Å². The van der Waals surface area contributed by atoms with Crippen LogP contribution < -0.4 is 0 Å². The quantitative estimate of drug-likeness (QED) is 0.416. The lowest BCUT2D eigenvalue weighted by atomic mass is 10.2. The van der Waals surface area contributed by atoms with Crippen molar-refractivity contribution in [3.8, 4) is 0 Å². The summed E-state index contributed by atoms with van der Waals surface area (Å²) in [5.74, 6) is 0. The van der Waals surface area contributed by atoms with Gasteiger partial charge >= 0.3 is 0 Å². The number of hydrogen-bond acceptors (Lipinski definition) is 4. The number of nitrogens with one attached hydrogen (secondary N) is 2. The Balaban J connectivity index is -0.0000000610. The van der Waals surface area contributed by atoms with Crippen molar-refractivity contribution in [1.29, 1.82) is 10.8 Å². The third-order valence-electron chi connectivity index (χ3n) is 1.21. The fraction of sp³-hybridized carbons (Fsp3) is 0.800. The Morgan fingerprint density at radius 1 is 0.857 bits per heavy atom. The van der Waals surface area contributed by atoms with Gasteiger partial charge in [-0.25, -0.2) is 20.4 Å². The van der Waals surface area contributed by atoms with Crippen molar-refractivity contribution in [2.24, 2.45) is 0 Å². The van der Waals surface area contributed by atoms with E-state index in [1.807, 2.05) is 0 Å². The van der Waals surface area contributed by atoms with Crippen LogP contribution in [0.15, 0.2) is 0 Å². The monoisotopic (exact) mass is 202 g/mol. The normalized spacial score (nSPS) is 5.86. The van der Waals surface area contributed by atoms with E-state index in [1.54, 1.807) is 0 Å². The van der Waals surface area contributed by atoms with Gasteiger partial charge < -0.3 is 0 Å². The van der Waals surface area contributed by atoms with Crippen LogP contribution >= 0.6 is 0 Å². The predicted molar refractivity (Wildman–Crippen MR) is 58.0 cm³/mol. The second kappa shape index (κ2) is 41.0. The average molecular weight is 202 g/mol. The molecule has 0 aliphatic rings. The Labute approximate surface area is 86.7 Å². The summed E-state index contributed by atoms with van der Waals surface area (Å²) in [4.78, 5) is 16.7. The highest BCUT2D eigenvalue weighted by molar-refractivity contribution is 5.26. The Hall–Kier alpha value is -1.24. The minimum Gasteiger partial charge on any atom is -0.222 e. The summed E-state index contributed by atoms with van der Waals surface area (Å²) in [5, 5.41) is 10.8. The molecule has 0 spiro atoms. The second-order valence-corrected chi connectivity index (χ2v) is 2.26. The maximum Gasteiger partial charge on any atom is 0.231 e.